The van der Waals surface area contributed by atoms with Crippen molar-refractivity contribution in [2.45, 2.75) is 18.2 Å². The molecule has 12 heteroatoms. The van der Waals surface area contributed by atoms with Crippen LogP contribution >= 0.6 is 11.6 Å². The molecule has 184 valence electrons. The number of hydrogen-bond acceptors (Lipinski definition) is 8. The zero-order valence-corrected chi connectivity index (χ0v) is 20.4. The predicted molar refractivity (Wildman–Crippen MR) is 133 cm³/mol. The third kappa shape index (κ3) is 6.75. The molecule has 10 nitrogen and oxygen atoms in total. The fourth-order valence-electron chi connectivity index (χ4n) is 2.94. The number of halogens is 1. The van der Waals surface area contributed by atoms with Crippen LogP contribution < -0.4 is 21.1 Å². The molecular weight excluding hydrogens is 494 g/mol. The second-order valence-electron chi connectivity index (χ2n) is 7.22. The number of sulfone groups is 1. The van der Waals surface area contributed by atoms with Crippen molar-refractivity contribution in [2.24, 2.45) is 5.73 Å². The minimum Gasteiger partial charge on any atom is -0.493 e. The quantitative estimate of drug-likeness (QED) is 0.346. The van der Waals surface area contributed by atoms with Gasteiger partial charge in [0, 0.05) is 12.4 Å². The van der Waals surface area contributed by atoms with Crippen molar-refractivity contribution in [3.05, 3.63) is 71.1 Å². The van der Waals surface area contributed by atoms with Gasteiger partial charge in [-0.25, -0.2) is 18.4 Å². The molecule has 0 unspecified atom stereocenters. The fourth-order valence-corrected chi connectivity index (χ4v) is 3.94. The van der Waals surface area contributed by atoms with Gasteiger partial charge in [-0.3, -0.25) is 9.59 Å². The van der Waals surface area contributed by atoms with E-state index in [-0.39, 0.29) is 45.8 Å². The van der Waals surface area contributed by atoms with Crippen molar-refractivity contribution < 1.29 is 22.7 Å². The number of nitrogens with zero attached hydrogens (tertiary/aromatic N) is 2. The highest BCUT2D eigenvalue weighted by Crippen LogP contribution is 2.26. The van der Waals surface area contributed by atoms with Crippen molar-refractivity contribution in [1.29, 1.82) is 0 Å². The molecule has 0 radical (unpaired) electrons. The maximum Gasteiger partial charge on any atom is 0.277 e. The third-order valence-corrected chi connectivity index (χ3v) is 6.74. The Labute approximate surface area is 207 Å². The summed E-state index contributed by atoms with van der Waals surface area (Å²) in [4.78, 5) is 34.0. The first-order valence-corrected chi connectivity index (χ1v) is 12.7. The number of hydrogen-bond donors (Lipinski definition) is 3. The summed E-state index contributed by atoms with van der Waals surface area (Å²) < 4.78 is 30.3. The molecule has 1 aromatic carbocycles. The van der Waals surface area contributed by atoms with E-state index in [0.717, 1.165) is 0 Å². The van der Waals surface area contributed by atoms with Crippen LogP contribution in [0.3, 0.4) is 0 Å². The average molecular weight is 518 g/mol. The standard InChI is InChI=1S/C23H24ClN5O5S/c1-2-35(32,33)16-7-8-17(19(13-16)34-12-4-10-25)22(30)28-18-5-3-11-26-21(18)23(31)29-20-9-6-15(24)14-27-20/h3,5-9,11,13-14H,2,4,10,12,25H2,1H3,(H,28,30)(H,27,29,31). The van der Waals surface area contributed by atoms with Gasteiger partial charge in [0.2, 0.25) is 0 Å². The van der Waals surface area contributed by atoms with Crippen LogP contribution in [0.1, 0.15) is 34.2 Å². The first-order chi connectivity index (χ1) is 16.7. The van der Waals surface area contributed by atoms with Crippen molar-refractivity contribution in [3.8, 4) is 5.75 Å². The number of amides is 2. The SMILES string of the molecule is CCS(=O)(=O)c1ccc(C(=O)Nc2cccnc2C(=O)Nc2ccc(Cl)cn2)c(OCCCN)c1. The lowest BCUT2D eigenvalue weighted by atomic mass is 10.1. The van der Waals surface area contributed by atoms with Gasteiger partial charge in [0.15, 0.2) is 15.5 Å². The summed E-state index contributed by atoms with van der Waals surface area (Å²) in [5.41, 5.74) is 5.69. The van der Waals surface area contributed by atoms with E-state index in [1.54, 1.807) is 12.1 Å². The van der Waals surface area contributed by atoms with E-state index in [1.165, 1.54) is 49.6 Å². The van der Waals surface area contributed by atoms with Crippen molar-refractivity contribution in [3.63, 3.8) is 0 Å². The lowest BCUT2D eigenvalue weighted by molar-refractivity contribution is 0.102. The van der Waals surface area contributed by atoms with Crippen LogP contribution in [0.4, 0.5) is 11.5 Å². The topological polar surface area (TPSA) is 153 Å². The van der Waals surface area contributed by atoms with E-state index in [0.29, 0.717) is 18.0 Å². The lowest BCUT2D eigenvalue weighted by Gasteiger charge is -2.14. The van der Waals surface area contributed by atoms with E-state index < -0.39 is 21.7 Å². The van der Waals surface area contributed by atoms with E-state index in [4.69, 9.17) is 22.1 Å². The van der Waals surface area contributed by atoms with Crippen molar-refractivity contribution in [1.82, 2.24) is 9.97 Å². The monoisotopic (exact) mass is 517 g/mol. The van der Waals surface area contributed by atoms with Gasteiger partial charge in [-0.15, -0.1) is 0 Å². The summed E-state index contributed by atoms with van der Waals surface area (Å²) in [6.07, 6.45) is 3.30. The average Bonchev–Trinajstić information content (AvgIpc) is 2.85. The largest absolute Gasteiger partial charge is 0.493 e. The van der Waals surface area contributed by atoms with Gasteiger partial charge < -0.3 is 21.1 Å². The summed E-state index contributed by atoms with van der Waals surface area (Å²) in [6.45, 7) is 2.09. The molecule has 0 fully saturated rings. The Bertz CT molecular complexity index is 1320. The molecule has 3 rings (SSSR count). The zero-order chi connectivity index (χ0) is 25.4. The van der Waals surface area contributed by atoms with Crippen LogP contribution in [-0.2, 0) is 9.84 Å². The molecule has 2 amide bonds. The Kier molecular flexibility index (Phi) is 8.74. The molecule has 2 heterocycles. The van der Waals surface area contributed by atoms with Gasteiger partial charge in [-0.05, 0) is 55.4 Å². The first-order valence-electron chi connectivity index (χ1n) is 10.6. The Morgan fingerprint density at radius 2 is 1.89 bits per heavy atom. The third-order valence-electron chi connectivity index (χ3n) is 4.78. The summed E-state index contributed by atoms with van der Waals surface area (Å²) in [5, 5.41) is 5.65. The molecule has 3 aromatic rings. The molecule has 0 aliphatic heterocycles. The molecule has 0 saturated carbocycles. The molecule has 35 heavy (non-hydrogen) atoms. The van der Waals surface area contributed by atoms with Gasteiger partial charge in [0.05, 0.1) is 33.5 Å². The number of benzene rings is 1. The lowest BCUT2D eigenvalue weighted by Crippen LogP contribution is -2.20. The fraction of sp³-hybridized carbons (Fsp3) is 0.217. The van der Waals surface area contributed by atoms with E-state index in [9.17, 15) is 18.0 Å². The Hall–Kier alpha value is -3.54. The number of nitrogens with two attached hydrogens (primary N) is 1. The van der Waals surface area contributed by atoms with Gasteiger partial charge >= 0.3 is 0 Å². The summed E-state index contributed by atoms with van der Waals surface area (Å²) >= 11 is 5.82. The first kappa shape index (κ1) is 26.1. The number of anilines is 2. The number of carbonyl (C=O) groups is 2. The number of rotatable bonds is 10. The van der Waals surface area contributed by atoms with Gasteiger partial charge in [0.25, 0.3) is 11.8 Å². The van der Waals surface area contributed by atoms with Crippen LogP contribution in [0.15, 0.2) is 59.8 Å². The molecule has 0 saturated heterocycles. The van der Waals surface area contributed by atoms with E-state index >= 15 is 0 Å². The zero-order valence-electron chi connectivity index (χ0n) is 18.8. The van der Waals surface area contributed by atoms with Gasteiger partial charge in [-0.2, -0.15) is 0 Å². The summed E-state index contributed by atoms with van der Waals surface area (Å²) in [6, 6.07) is 10.2. The molecule has 0 aliphatic carbocycles. The smallest absolute Gasteiger partial charge is 0.277 e. The van der Waals surface area contributed by atoms with Gasteiger partial charge in [0.1, 0.15) is 11.6 Å². The number of carbonyl (C=O) groups excluding carboxylic acids is 2. The second-order valence-corrected chi connectivity index (χ2v) is 9.94. The maximum atomic E-state index is 13.1. The van der Waals surface area contributed by atoms with E-state index in [1.807, 2.05) is 0 Å². The second kappa shape index (κ2) is 11.7. The van der Waals surface area contributed by atoms with Crippen LogP contribution in [0.2, 0.25) is 5.02 Å². The molecular formula is C23H24ClN5O5S. The van der Waals surface area contributed by atoms with Crippen molar-refractivity contribution in [2.75, 3.05) is 29.5 Å². The number of aromatic nitrogens is 2. The van der Waals surface area contributed by atoms with Crippen LogP contribution in [0, 0.1) is 0 Å². The number of nitrogens with one attached hydrogen (secondary N) is 2. The van der Waals surface area contributed by atoms with Crippen LogP contribution in [0.25, 0.3) is 0 Å². The summed E-state index contributed by atoms with van der Waals surface area (Å²) in [7, 11) is -3.52. The number of pyridine rings is 2. The molecule has 4 N–H and O–H groups in total. The van der Waals surface area contributed by atoms with Crippen LogP contribution in [0.5, 0.6) is 5.75 Å². The van der Waals surface area contributed by atoms with Crippen molar-refractivity contribution >= 4 is 44.8 Å². The number of ether oxygens (including phenoxy) is 1. The predicted octanol–water partition coefficient (Wildman–Crippen LogP) is 3.16. The Balaban J connectivity index is 1.87. The Morgan fingerprint density at radius 3 is 2.57 bits per heavy atom. The molecule has 0 atom stereocenters. The highest BCUT2D eigenvalue weighted by Gasteiger charge is 2.21. The highest BCUT2D eigenvalue weighted by molar-refractivity contribution is 7.91. The van der Waals surface area contributed by atoms with E-state index in [2.05, 4.69) is 20.6 Å². The Morgan fingerprint density at radius 1 is 1.09 bits per heavy atom. The van der Waals surface area contributed by atoms with Gasteiger partial charge in [-0.1, -0.05) is 18.5 Å². The summed E-state index contributed by atoms with van der Waals surface area (Å²) in [5.74, 6) is -0.965. The minimum atomic E-state index is -3.52. The highest BCUT2D eigenvalue weighted by atomic mass is 35.5. The molecule has 0 aliphatic rings. The molecule has 0 spiro atoms. The maximum absolute atomic E-state index is 13.1. The normalized spacial score (nSPS) is 11.1. The van der Waals surface area contributed by atoms with Crippen LogP contribution in [-0.4, -0.2) is 49.1 Å². The molecule has 0 bridgehead atoms. The minimum absolute atomic E-state index is 0.0382. The molecule has 2 aromatic heterocycles.